The molecule has 1 aromatic rings. The lowest BCUT2D eigenvalue weighted by molar-refractivity contribution is -0.136. The number of imide groups is 1. The van der Waals surface area contributed by atoms with Crippen molar-refractivity contribution in [3.63, 3.8) is 0 Å². The van der Waals surface area contributed by atoms with E-state index in [2.05, 4.69) is 0 Å². The number of hydrogen-bond donors (Lipinski definition) is 0. The van der Waals surface area contributed by atoms with E-state index in [1.807, 2.05) is 38.1 Å². The molecule has 2 unspecified atom stereocenters. The van der Waals surface area contributed by atoms with Crippen LogP contribution in [0.4, 0.5) is 0 Å². The smallest absolute Gasteiger partial charge is 0.260 e. The standard InChI is InChI=1S/C17H21NO3/c1-3-18-15(19)13-8-4-5-9-14(13)17(2,16(18)20)11-12-7-6-10-21-12/h4-5,8-9,12H,3,6-7,10-11H2,1-2H3. The van der Waals surface area contributed by atoms with E-state index >= 15 is 0 Å². The molecule has 0 aliphatic carbocycles. The van der Waals surface area contributed by atoms with Crippen LogP contribution in [-0.2, 0) is 14.9 Å². The van der Waals surface area contributed by atoms with Gasteiger partial charge in [0.05, 0.1) is 11.5 Å². The number of likely N-dealkylation sites (N-methyl/N-ethyl adjacent to an activating group) is 1. The molecule has 0 N–H and O–H groups in total. The van der Waals surface area contributed by atoms with Crippen molar-refractivity contribution in [1.82, 2.24) is 4.90 Å². The van der Waals surface area contributed by atoms with E-state index < -0.39 is 5.41 Å². The van der Waals surface area contributed by atoms with Crippen LogP contribution >= 0.6 is 0 Å². The molecule has 4 heteroatoms. The van der Waals surface area contributed by atoms with Crippen molar-refractivity contribution in [2.75, 3.05) is 13.2 Å². The van der Waals surface area contributed by atoms with E-state index in [9.17, 15) is 9.59 Å². The van der Waals surface area contributed by atoms with Crippen LogP contribution in [0.5, 0.6) is 0 Å². The summed E-state index contributed by atoms with van der Waals surface area (Å²) in [4.78, 5) is 26.7. The van der Waals surface area contributed by atoms with E-state index in [1.54, 1.807) is 0 Å². The number of nitrogens with zero attached hydrogens (tertiary/aromatic N) is 1. The number of carbonyl (C=O) groups excluding carboxylic acids is 2. The lowest BCUT2D eigenvalue weighted by Gasteiger charge is -2.40. The van der Waals surface area contributed by atoms with Crippen LogP contribution in [0.2, 0.25) is 0 Å². The van der Waals surface area contributed by atoms with Gasteiger partial charge in [-0.1, -0.05) is 18.2 Å². The van der Waals surface area contributed by atoms with Gasteiger partial charge in [-0.15, -0.1) is 0 Å². The summed E-state index contributed by atoms with van der Waals surface area (Å²) < 4.78 is 5.72. The second-order valence-electron chi connectivity index (χ2n) is 6.07. The molecule has 4 nitrogen and oxygen atoms in total. The normalized spacial score (nSPS) is 28.9. The van der Waals surface area contributed by atoms with Crippen molar-refractivity contribution in [2.45, 2.75) is 44.6 Å². The summed E-state index contributed by atoms with van der Waals surface area (Å²) in [5.74, 6) is -0.271. The van der Waals surface area contributed by atoms with Gasteiger partial charge in [0.1, 0.15) is 0 Å². The number of fused-ring (bicyclic) bond motifs is 1. The first kappa shape index (κ1) is 14.3. The summed E-state index contributed by atoms with van der Waals surface area (Å²) >= 11 is 0. The third-order valence-electron chi connectivity index (χ3n) is 4.69. The maximum Gasteiger partial charge on any atom is 0.260 e. The minimum Gasteiger partial charge on any atom is -0.378 e. The van der Waals surface area contributed by atoms with Crippen LogP contribution in [0.1, 0.15) is 49.0 Å². The van der Waals surface area contributed by atoms with Gasteiger partial charge >= 0.3 is 0 Å². The molecule has 0 spiro atoms. The average Bonchev–Trinajstić information content (AvgIpc) is 2.99. The van der Waals surface area contributed by atoms with Crippen LogP contribution in [-0.4, -0.2) is 36.0 Å². The molecular weight excluding hydrogens is 266 g/mol. The van der Waals surface area contributed by atoms with Crippen molar-refractivity contribution in [2.24, 2.45) is 0 Å². The molecule has 1 aromatic carbocycles. The lowest BCUT2D eigenvalue weighted by atomic mass is 9.72. The number of benzene rings is 1. The van der Waals surface area contributed by atoms with Gasteiger partial charge in [-0.2, -0.15) is 0 Å². The van der Waals surface area contributed by atoms with Gasteiger partial charge in [0.15, 0.2) is 0 Å². The van der Waals surface area contributed by atoms with Gasteiger partial charge in [-0.25, -0.2) is 0 Å². The molecule has 2 aliphatic rings. The Hall–Kier alpha value is -1.68. The van der Waals surface area contributed by atoms with Crippen molar-refractivity contribution in [3.05, 3.63) is 35.4 Å². The number of ether oxygens (including phenoxy) is 1. The predicted octanol–water partition coefficient (Wildman–Crippen LogP) is 2.52. The second-order valence-corrected chi connectivity index (χ2v) is 6.07. The lowest BCUT2D eigenvalue weighted by Crippen LogP contribution is -2.54. The van der Waals surface area contributed by atoms with Crippen molar-refractivity contribution in [1.29, 1.82) is 0 Å². The Morgan fingerprint density at radius 1 is 1.33 bits per heavy atom. The summed E-state index contributed by atoms with van der Waals surface area (Å²) in [5.41, 5.74) is 0.829. The first-order valence-electron chi connectivity index (χ1n) is 7.65. The topological polar surface area (TPSA) is 46.6 Å². The van der Waals surface area contributed by atoms with E-state index in [1.165, 1.54) is 4.90 Å². The van der Waals surface area contributed by atoms with Gasteiger partial charge in [0.2, 0.25) is 5.91 Å². The van der Waals surface area contributed by atoms with E-state index in [4.69, 9.17) is 4.74 Å². The highest BCUT2D eigenvalue weighted by Crippen LogP contribution is 2.40. The Labute approximate surface area is 125 Å². The molecule has 2 amide bonds. The molecule has 2 atom stereocenters. The quantitative estimate of drug-likeness (QED) is 0.803. The fourth-order valence-corrected chi connectivity index (χ4v) is 3.55. The number of hydrogen-bond acceptors (Lipinski definition) is 3. The van der Waals surface area contributed by atoms with Crippen LogP contribution in [0.3, 0.4) is 0 Å². The third kappa shape index (κ3) is 2.18. The SMILES string of the molecule is CCN1C(=O)c2ccccc2C(C)(CC2CCCO2)C1=O. The molecule has 0 saturated carbocycles. The van der Waals surface area contributed by atoms with E-state index in [0.717, 1.165) is 25.0 Å². The van der Waals surface area contributed by atoms with Crippen LogP contribution in [0.15, 0.2) is 24.3 Å². The zero-order valence-corrected chi connectivity index (χ0v) is 12.6. The van der Waals surface area contributed by atoms with Crippen LogP contribution in [0.25, 0.3) is 0 Å². The molecule has 2 aliphatic heterocycles. The van der Waals surface area contributed by atoms with E-state index in [-0.39, 0.29) is 17.9 Å². The summed E-state index contributed by atoms with van der Waals surface area (Å²) in [6.45, 7) is 4.97. The van der Waals surface area contributed by atoms with Gasteiger partial charge < -0.3 is 4.74 Å². The fourth-order valence-electron chi connectivity index (χ4n) is 3.55. The fraction of sp³-hybridized carbons (Fsp3) is 0.529. The van der Waals surface area contributed by atoms with Gasteiger partial charge in [0, 0.05) is 18.7 Å². The van der Waals surface area contributed by atoms with Gasteiger partial charge in [-0.3, -0.25) is 14.5 Å². The number of amides is 2. The molecule has 21 heavy (non-hydrogen) atoms. The van der Waals surface area contributed by atoms with Crippen molar-refractivity contribution < 1.29 is 14.3 Å². The van der Waals surface area contributed by atoms with Crippen LogP contribution < -0.4 is 0 Å². The Morgan fingerprint density at radius 2 is 2.10 bits per heavy atom. The molecule has 0 radical (unpaired) electrons. The zero-order chi connectivity index (χ0) is 15.0. The highest BCUT2D eigenvalue weighted by atomic mass is 16.5. The van der Waals surface area contributed by atoms with E-state index in [0.29, 0.717) is 18.5 Å². The molecule has 2 heterocycles. The van der Waals surface area contributed by atoms with Gasteiger partial charge in [-0.05, 0) is 44.7 Å². The maximum absolute atomic E-state index is 12.9. The Morgan fingerprint density at radius 3 is 2.76 bits per heavy atom. The predicted molar refractivity (Wildman–Crippen MR) is 79.1 cm³/mol. The Bertz CT molecular complexity index is 577. The summed E-state index contributed by atoms with van der Waals surface area (Å²) in [5, 5.41) is 0. The Balaban J connectivity index is 2.06. The average molecular weight is 287 g/mol. The highest BCUT2D eigenvalue weighted by molar-refractivity contribution is 6.13. The molecule has 0 bridgehead atoms. The largest absolute Gasteiger partial charge is 0.378 e. The molecule has 3 rings (SSSR count). The van der Waals surface area contributed by atoms with Crippen molar-refractivity contribution >= 4 is 11.8 Å². The minimum atomic E-state index is -0.671. The summed E-state index contributed by atoms with van der Waals surface area (Å²) in [6.07, 6.45) is 2.80. The zero-order valence-electron chi connectivity index (χ0n) is 12.6. The molecule has 0 aromatic heterocycles. The summed E-state index contributed by atoms with van der Waals surface area (Å²) in [7, 11) is 0. The summed E-state index contributed by atoms with van der Waals surface area (Å²) in [6, 6.07) is 7.48. The van der Waals surface area contributed by atoms with Crippen LogP contribution in [0, 0.1) is 0 Å². The minimum absolute atomic E-state index is 0.0933. The Kier molecular flexibility index (Phi) is 3.57. The molecule has 1 saturated heterocycles. The third-order valence-corrected chi connectivity index (χ3v) is 4.69. The first-order valence-corrected chi connectivity index (χ1v) is 7.65. The first-order chi connectivity index (χ1) is 10.1. The van der Waals surface area contributed by atoms with Gasteiger partial charge in [0.25, 0.3) is 5.91 Å². The molecule has 112 valence electrons. The van der Waals surface area contributed by atoms with Crippen molar-refractivity contribution in [3.8, 4) is 0 Å². The monoisotopic (exact) mass is 287 g/mol. The second kappa shape index (κ2) is 5.26. The number of carbonyl (C=O) groups is 2. The highest BCUT2D eigenvalue weighted by Gasteiger charge is 2.48. The molecular formula is C17H21NO3. The maximum atomic E-state index is 12.9. The number of rotatable bonds is 3. The molecule has 1 fully saturated rings.